The van der Waals surface area contributed by atoms with Gasteiger partial charge >= 0.3 is 5.69 Å². The topological polar surface area (TPSA) is 128 Å². The number of hydrogen-bond donors (Lipinski definition) is 3. The van der Waals surface area contributed by atoms with Crippen LogP contribution in [-0.4, -0.2) is 30.9 Å². The lowest BCUT2D eigenvalue weighted by molar-refractivity contribution is -0.116. The van der Waals surface area contributed by atoms with Gasteiger partial charge in [-0.15, -0.1) is 11.3 Å². The standard InChI is InChI=1S/C19H18N6O3S/c1-2-24-14-5-3-4-6-15(14)25(19(24)28)9-16(26)23-18-22-13(10-29-18)11-7-12(17(20)27)21-8-11/h3-8,10,21H,2,9H2,1H3,(H2,20,27)(H,22,23,26). The number of amides is 2. The molecule has 1 aromatic carbocycles. The number of carbonyl (C=O) groups is 2. The fourth-order valence-corrected chi connectivity index (χ4v) is 3.92. The molecule has 0 saturated carbocycles. The smallest absolute Gasteiger partial charge is 0.329 e. The number of nitrogens with one attached hydrogen (secondary N) is 2. The van der Waals surface area contributed by atoms with Gasteiger partial charge in [-0.25, -0.2) is 9.78 Å². The predicted molar refractivity (Wildman–Crippen MR) is 111 cm³/mol. The Morgan fingerprint density at radius 2 is 1.97 bits per heavy atom. The minimum absolute atomic E-state index is 0.114. The number of H-pyrrole nitrogens is 1. The van der Waals surface area contributed by atoms with Crippen molar-refractivity contribution in [2.45, 2.75) is 20.0 Å². The fraction of sp³-hybridized carbons (Fsp3) is 0.158. The van der Waals surface area contributed by atoms with Crippen LogP contribution >= 0.6 is 11.3 Å². The second-order valence-corrected chi connectivity index (χ2v) is 7.21. The summed E-state index contributed by atoms with van der Waals surface area (Å²) in [5, 5.41) is 4.89. The summed E-state index contributed by atoms with van der Waals surface area (Å²) in [6.45, 7) is 2.30. The third-order valence-electron chi connectivity index (χ3n) is 4.54. The van der Waals surface area contributed by atoms with Crippen LogP contribution in [0.15, 0.2) is 46.7 Å². The van der Waals surface area contributed by atoms with Crippen LogP contribution in [0.1, 0.15) is 17.4 Å². The maximum Gasteiger partial charge on any atom is 0.329 e. The first-order valence-corrected chi connectivity index (χ1v) is 9.78. The Labute approximate surface area is 168 Å². The molecule has 148 valence electrons. The molecule has 0 spiro atoms. The zero-order valence-corrected chi connectivity index (χ0v) is 16.3. The molecule has 0 aliphatic rings. The number of fused-ring (bicyclic) bond motifs is 1. The number of nitrogens with zero attached hydrogens (tertiary/aromatic N) is 3. The molecule has 0 fully saturated rings. The molecule has 29 heavy (non-hydrogen) atoms. The van der Waals surface area contributed by atoms with Crippen molar-refractivity contribution in [1.29, 1.82) is 0 Å². The number of para-hydroxylation sites is 2. The molecule has 3 heterocycles. The summed E-state index contributed by atoms with van der Waals surface area (Å²) < 4.78 is 3.08. The average molecular weight is 410 g/mol. The highest BCUT2D eigenvalue weighted by atomic mass is 32.1. The van der Waals surface area contributed by atoms with E-state index in [1.165, 1.54) is 15.9 Å². The fourth-order valence-electron chi connectivity index (χ4n) is 3.18. The lowest BCUT2D eigenvalue weighted by atomic mass is 10.2. The number of rotatable bonds is 6. The van der Waals surface area contributed by atoms with Crippen molar-refractivity contribution >= 4 is 39.3 Å². The van der Waals surface area contributed by atoms with E-state index in [1.54, 1.807) is 22.2 Å². The molecule has 4 aromatic rings. The monoisotopic (exact) mass is 410 g/mol. The van der Waals surface area contributed by atoms with E-state index < -0.39 is 5.91 Å². The number of aryl methyl sites for hydroxylation is 1. The molecule has 0 unspecified atom stereocenters. The first-order chi connectivity index (χ1) is 14.0. The molecule has 4 N–H and O–H groups in total. The van der Waals surface area contributed by atoms with E-state index in [1.807, 2.05) is 31.2 Å². The number of aromatic amines is 1. The first kappa shape index (κ1) is 18.7. The van der Waals surface area contributed by atoms with E-state index in [0.717, 1.165) is 5.52 Å². The summed E-state index contributed by atoms with van der Waals surface area (Å²) in [6.07, 6.45) is 1.62. The van der Waals surface area contributed by atoms with Crippen molar-refractivity contribution in [2.75, 3.05) is 5.32 Å². The van der Waals surface area contributed by atoms with E-state index in [9.17, 15) is 14.4 Å². The Kier molecular flexibility index (Phi) is 4.77. The summed E-state index contributed by atoms with van der Waals surface area (Å²) in [5.41, 5.74) is 8.09. The molecule has 0 atom stereocenters. The summed E-state index contributed by atoms with van der Waals surface area (Å²) in [6, 6.07) is 8.97. The van der Waals surface area contributed by atoms with Crippen LogP contribution in [0.4, 0.5) is 5.13 Å². The van der Waals surface area contributed by atoms with E-state index in [2.05, 4.69) is 15.3 Å². The van der Waals surface area contributed by atoms with Crippen LogP contribution in [0.25, 0.3) is 22.3 Å². The first-order valence-electron chi connectivity index (χ1n) is 8.90. The molecule has 9 nitrogen and oxygen atoms in total. The number of hydrogen-bond acceptors (Lipinski definition) is 5. The molecule has 0 radical (unpaired) electrons. The number of carbonyl (C=O) groups excluding carboxylic acids is 2. The highest BCUT2D eigenvalue weighted by Crippen LogP contribution is 2.25. The maximum absolute atomic E-state index is 12.6. The van der Waals surface area contributed by atoms with Crippen LogP contribution in [0.3, 0.4) is 0 Å². The van der Waals surface area contributed by atoms with Gasteiger partial charge in [0, 0.05) is 23.7 Å². The number of anilines is 1. The molecule has 2 amide bonds. The summed E-state index contributed by atoms with van der Waals surface area (Å²) in [7, 11) is 0. The third-order valence-corrected chi connectivity index (χ3v) is 5.30. The molecule has 0 saturated heterocycles. The Hall–Kier alpha value is -3.66. The summed E-state index contributed by atoms with van der Waals surface area (Å²) in [5.74, 6) is -0.907. The molecular weight excluding hydrogens is 392 g/mol. The van der Waals surface area contributed by atoms with Gasteiger partial charge in [0.2, 0.25) is 5.91 Å². The van der Waals surface area contributed by atoms with Crippen LogP contribution in [0, 0.1) is 0 Å². The van der Waals surface area contributed by atoms with E-state index >= 15 is 0 Å². The average Bonchev–Trinajstić information content (AvgIpc) is 3.41. The van der Waals surface area contributed by atoms with E-state index in [-0.39, 0.29) is 23.8 Å². The molecule has 10 heteroatoms. The van der Waals surface area contributed by atoms with Gasteiger partial charge in [-0.1, -0.05) is 12.1 Å². The summed E-state index contributed by atoms with van der Waals surface area (Å²) in [4.78, 5) is 43.5. The van der Waals surface area contributed by atoms with Crippen molar-refractivity contribution in [3.05, 3.63) is 58.1 Å². The van der Waals surface area contributed by atoms with Crippen LogP contribution < -0.4 is 16.7 Å². The Balaban J connectivity index is 1.53. The van der Waals surface area contributed by atoms with Gasteiger partial charge in [-0.05, 0) is 25.1 Å². The highest BCUT2D eigenvalue weighted by molar-refractivity contribution is 7.14. The molecule has 3 aromatic heterocycles. The van der Waals surface area contributed by atoms with Gasteiger partial charge in [0.15, 0.2) is 5.13 Å². The quantitative estimate of drug-likeness (QED) is 0.449. The molecule has 4 rings (SSSR count). The van der Waals surface area contributed by atoms with Gasteiger partial charge in [0.05, 0.1) is 16.7 Å². The van der Waals surface area contributed by atoms with Gasteiger partial charge in [-0.3, -0.25) is 18.7 Å². The minimum Gasteiger partial charge on any atom is -0.364 e. The zero-order valence-electron chi connectivity index (χ0n) is 15.5. The Morgan fingerprint density at radius 1 is 1.24 bits per heavy atom. The van der Waals surface area contributed by atoms with Gasteiger partial charge in [0.1, 0.15) is 12.2 Å². The zero-order chi connectivity index (χ0) is 20.5. The van der Waals surface area contributed by atoms with Gasteiger partial charge < -0.3 is 16.0 Å². The van der Waals surface area contributed by atoms with Crippen molar-refractivity contribution in [3.8, 4) is 11.3 Å². The Morgan fingerprint density at radius 3 is 2.62 bits per heavy atom. The highest BCUT2D eigenvalue weighted by Gasteiger charge is 2.16. The minimum atomic E-state index is -0.559. The van der Waals surface area contributed by atoms with Crippen LogP contribution in [0.2, 0.25) is 0 Å². The molecular formula is C19H18N6O3S. The van der Waals surface area contributed by atoms with Crippen LogP contribution in [-0.2, 0) is 17.9 Å². The molecule has 0 aliphatic carbocycles. The normalized spacial score (nSPS) is 11.1. The SMILES string of the molecule is CCn1c(=O)n(CC(=O)Nc2nc(-c3c[nH]c(C(N)=O)c3)cs2)c2ccccc21. The van der Waals surface area contributed by atoms with Gasteiger partial charge in [-0.2, -0.15) is 0 Å². The number of benzene rings is 1. The maximum atomic E-state index is 12.6. The van der Waals surface area contributed by atoms with Crippen molar-refractivity contribution < 1.29 is 9.59 Å². The number of primary amides is 1. The largest absolute Gasteiger partial charge is 0.364 e. The van der Waals surface area contributed by atoms with E-state index in [4.69, 9.17) is 5.73 Å². The van der Waals surface area contributed by atoms with Gasteiger partial charge in [0.25, 0.3) is 5.91 Å². The number of nitrogens with two attached hydrogens (primary N) is 1. The predicted octanol–water partition coefficient (Wildman–Crippen LogP) is 2.01. The number of thiazole rings is 1. The second-order valence-electron chi connectivity index (χ2n) is 6.35. The lowest BCUT2D eigenvalue weighted by Crippen LogP contribution is -2.29. The third kappa shape index (κ3) is 3.45. The van der Waals surface area contributed by atoms with Crippen molar-refractivity contribution in [3.63, 3.8) is 0 Å². The number of aromatic nitrogens is 4. The summed E-state index contributed by atoms with van der Waals surface area (Å²) >= 11 is 1.25. The molecule has 0 aliphatic heterocycles. The van der Waals surface area contributed by atoms with E-state index in [0.29, 0.717) is 28.5 Å². The lowest BCUT2D eigenvalue weighted by Gasteiger charge is -2.03. The second kappa shape index (κ2) is 7.40. The van der Waals surface area contributed by atoms with Crippen molar-refractivity contribution in [2.24, 2.45) is 5.73 Å². The van der Waals surface area contributed by atoms with Crippen molar-refractivity contribution in [1.82, 2.24) is 19.1 Å². The molecule has 0 bridgehead atoms. The Bertz CT molecular complexity index is 1280. The van der Waals surface area contributed by atoms with Crippen LogP contribution in [0.5, 0.6) is 0 Å². The number of imidazole rings is 1.